The predicted octanol–water partition coefficient (Wildman–Crippen LogP) is 1.44. The minimum Gasteiger partial charge on any atom is -0.497 e. The van der Waals surface area contributed by atoms with Crippen molar-refractivity contribution in [2.75, 3.05) is 33.3 Å². The van der Waals surface area contributed by atoms with Crippen molar-refractivity contribution in [3.05, 3.63) is 59.9 Å². The van der Waals surface area contributed by atoms with Crippen LogP contribution in [-0.2, 0) is 19.4 Å². The van der Waals surface area contributed by atoms with Gasteiger partial charge in [-0.2, -0.15) is 0 Å². The monoisotopic (exact) mass is 491 g/mol. The number of benzene rings is 2. The van der Waals surface area contributed by atoms with Gasteiger partial charge < -0.3 is 19.9 Å². The second-order valence-electron chi connectivity index (χ2n) is 7.64. The smallest absolute Gasteiger partial charge is 0.261 e. The van der Waals surface area contributed by atoms with Crippen molar-refractivity contribution in [1.29, 1.82) is 0 Å². The summed E-state index contributed by atoms with van der Waals surface area (Å²) >= 11 is 0. The molecule has 1 atom stereocenters. The lowest BCUT2D eigenvalue weighted by Crippen LogP contribution is -2.57. The molecule has 2 aromatic carbocycles. The van der Waals surface area contributed by atoms with Gasteiger partial charge in [-0.05, 0) is 48.5 Å². The van der Waals surface area contributed by atoms with E-state index in [9.17, 15) is 27.2 Å². The number of carbonyl (C=O) groups excluding carboxylic acids is 3. The summed E-state index contributed by atoms with van der Waals surface area (Å²) in [5.74, 6) is -1.79. The molecular formula is C23H26FN3O6S. The summed E-state index contributed by atoms with van der Waals surface area (Å²) in [4.78, 5) is 40.7. The van der Waals surface area contributed by atoms with Crippen LogP contribution in [0.3, 0.4) is 0 Å². The summed E-state index contributed by atoms with van der Waals surface area (Å²) in [6.45, 7) is 2.50. The first-order chi connectivity index (χ1) is 16.2. The largest absolute Gasteiger partial charge is 0.497 e. The van der Waals surface area contributed by atoms with Crippen molar-refractivity contribution in [2.45, 2.75) is 23.6 Å². The predicted molar refractivity (Wildman–Crippen MR) is 121 cm³/mol. The van der Waals surface area contributed by atoms with Gasteiger partial charge in [0.2, 0.25) is 21.1 Å². The normalized spacial score (nSPS) is 14.9. The van der Waals surface area contributed by atoms with E-state index in [0.29, 0.717) is 12.2 Å². The van der Waals surface area contributed by atoms with Crippen LogP contribution in [0.4, 0.5) is 4.39 Å². The van der Waals surface area contributed by atoms with Crippen LogP contribution in [0.1, 0.15) is 23.7 Å². The third-order valence-corrected chi connectivity index (χ3v) is 7.41. The average Bonchev–Trinajstić information content (AvgIpc) is 2.86. The first-order valence-corrected chi connectivity index (χ1v) is 12.2. The molecule has 0 bridgehead atoms. The molecule has 1 aliphatic heterocycles. The number of halogens is 1. The first kappa shape index (κ1) is 25.2. The van der Waals surface area contributed by atoms with Crippen molar-refractivity contribution < 1.29 is 31.9 Å². The van der Waals surface area contributed by atoms with Crippen molar-refractivity contribution in [3.8, 4) is 5.75 Å². The molecule has 2 aromatic rings. The maximum Gasteiger partial charge on any atom is 0.261 e. The van der Waals surface area contributed by atoms with Crippen LogP contribution >= 0.6 is 0 Å². The molecular weight excluding hydrogens is 465 g/mol. The van der Waals surface area contributed by atoms with Crippen LogP contribution in [-0.4, -0.2) is 74.6 Å². The third-order valence-electron chi connectivity index (χ3n) is 5.54. The van der Waals surface area contributed by atoms with E-state index in [1.54, 1.807) is 11.8 Å². The fourth-order valence-corrected chi connectivity index (χ4v) is 5.01. The fraction of sp³-hybridized carbons (Fsp3) is 0.348. The van der Waals surface area contributed by atoms with Gasteiger partial charge in [0.1, 0.15) is 11.6 Å². The topological polar surface area (TPSA) is 113 Å². The molecule has 3 amide bonds. The lowest BCUT2D eigenvalue weighted by atomic mass is 10.2. The van der Waals surface area contributed by atoms with Gasteiger partial charge in [0, 0.05) is 38.2 Å². The molecule has 1 aliphatic rings. The Balaban J connectivity index is 1.88. The average molecular weight is 492 g/mol. The second-order valence-corrected chi connectivity index (χ2v) is 9.67. The minimum absolute atomic E-state index is 0.0598. The van der Waals surface area contributed by atoms with Gasteiger partial charge in [0.15, 0.2) is 0 Å². The van der Waals surface area contributed by atoms with E-state index in [1.165, 1.54) is 36.3 Å². The molecule has 0 aliphatic carbocycles. The van der Waals surface area contributed by atoms with Crippen LogP contribution in [0.2, 0.25) is 0 Å². The number of nitrogens with zero attached hydrogens (tertiary/aromatic N) is 2. The van der Waals surface area contributed by atoms with Crippen LogP contribution in [0, 0.1) is 5.82 Å². The SMILES string of the molecule is CCC(=O)N1CCN(C(=O)C(NC(=O)c2ccc(OC)cc2)S(=O)(=O)c2ccc(F)cc2)CC1. The standard InChI is InChI=1S/C23H26FN3O6S/c1-3-20(28)26-12-14-27(15-13-26)23(30)22(34(31,32)19-10-6-17(24)7-11-19)25-21(29)16-4-8-18(33-2)9-5-16/h4-11,22H,3,12-15H2,1-2H3,(H,25,29). The van der Waals surface area contributed by atoms with E-state index in [1.807, 2.05) is 0 Å². The van der Waals surface area contributed by atoms with Gasteiger partial charge in [-0.15, -0.1) is 0 Å². The summed E-state index contributed by atoms with van der Waals surface area (Å²) in [6, 6.07) is 9.97. The molecule has 11 heteroatoms. The zero-order chi connectivity index (χ0) is 24.9. The number of amides is 3. The second kappa shape index (κ2) is 10.6. The first-order valence-electron chi connectivity index (χ1n) is 10.7. The number of carbonyl (C=O) groups is 3. The number of nitrogens with one attached hydrogen (secondary N) is 1. The van der Waals surface area contributed by atoms with Crippen LogP contribution in [0.5, 0.6) is 5.75 Å². The van der Waals surface area contributed by atoms with E-state index in [2.05, 4.69) is 5.32 Å². The van der Waals surface area contributed by atoms with E-state index in [-0.39, 0.29) is 42.5 Å². The molecule has 182 valence electrons. The van der Waals surface area contributed by atoms with Gasteiger partial charge in [-0.1, -0.05) is 6.92 Å². The summed E-state index contributed by atoms with van der Waals surface area (Å²) in [5.41, 5.74) is 0.131. The number of hydrogen-bond acceptors (Lipinski definition) is 6. The highest BCUT2D eigenvalue weighted by Crippen LogP contribution is 2.19. The van der Waals surface area contributed by atoms with Gasteiger partial charge in [-0.25, -0.2) is 12.8 Å². The lowest BCUT2D eigenvalue weighted by molar-refractivity contribution is -0.139. The van der Waals surface area contributed by atoms with Crippen LogP contribution in [0.25, 0.3) is 0 Å². The van der Waals surface area contributed by atoms with Gasteiger partial charge >= 0.3 is 0 Å². The Bertz CT molecular complexity index is 1140. The maximum atomic E-state index is 13.4. The Morgan fingerprint density at radius 1 is 0.971 bits per heavy atom. The molecule has 0 saturated carbocycles. The third kappa shape index (κ3) is 5.53. The number of methoxy groups -OCH3 is 1. The van der Waals surface area contributed by atoms with Crippen molar-refractivity contribution >= 4 is 27.6 Å². The van der Waals surface area contributed by atoms with Crippen LogP contribution < -0.4 is 10.1 Å². The molecule has 0 spiro atoms. The molecule has 9 nitrogen and oxygen atoms in total. The summed E-state index contributed by atoms with van der Waals surface area (Å²) in [5, 5.41) is 0.404. The van der Waals surface area contributed by atoms with E-state index >= 15 is 0 Å². The number of piperazine rings is 1. The molecule has 1 saturated heterocycles. The van der Waals surface area contributed by atoms with Gasteiger partial charge in [-0.3, -0.25) is 14.4 Å². The van der Waals surface area contributed by atoms with Gasteiger partial charge in [0.25, 0.3) is 11.8 Å². The zero-order valence-electron chi connectivity index (χ0n) is 18.9. The van der Waals surface area contributed by atoms with E-state index < -0.39 is 32.8 Å². The Morgan fingerprint density at radius 2 is 1.53 bits per heavy atom. The Morgan fingerprint density at radius 3 is 2.06 bits per heavy atom. The molecule has 1 fully saturated rings. The van der Waals surface area contributed by atoms with Gasteiger partial charge in [0.05, 0.1) is 12.0 Å². The summed E-state index contributed by atoms with van der Waals surface area (Å²) < 4.78 is 45.1. The number of rotatable bonds is 7. The summed E-state index contributed by atoms with van der Waals surface area (Å²) in [6.07, 6.45) is 0.327. The molecule has 0 aromatic heterocycles. The molecule has 3 rings (SSSR count). The Kier molecular flexibility index (Phi) is 7.87. The lowest BCUT2D eigenvalue weighted by Gasteiger charge is -2.36. The summed E-state index contributed by atoms with van der Waals surface area (Å²) in [7, 11) is -2.95. The molecule has 1 heterocycles. The molecule has 34 heavy (non-hydrogen) atoms. The highest BCUT2D eigenvalue weighted by Gasteiger charge is 2.39. The fourth-order valence-electron chi connectivity index (χ4n) is 3.54. The number of ether oxygens (including phenoxy) is 1. The van der Waals surface area contributed by atoms with E-state index in [4.69, 9.17) is 4.74 Å². The van der Waals surface area contributed by atoms with Crippen molar-refractivity contribution in [2.24, 2.45) is 0 Å². The quantitative estimate of drug-likeness (QED) is 0.587. The Labute approximate surface area is 197 Å². The zero-order valence-corrected chi connectivity index (χ0v) is 19.7. The molecule has 1 unspecified atom stereocenters. The number of sulfone groups is 1. The molecule has 0 radical (unpaired) electrons. The van der Waals surface area contributed by atoms with Crippen LogP contribution in [0.15, 0.2) is 53.4 Å². The van der Waals surface area contributed by atoms with Crippen molar-refractivity contribution in [3.63, 3.8) is 0 Å². The minimum atomic E-state index is -4.41. The number of hydrogen-bond donors (Lipinski definition) is 1. The van der Waals surface area contributed by atoms with E-state index in [0.717, 1.165) is 24.3 Å². The highest BCUT2D eigenvalue weighted by atomic mass is 32.2. The Hall–Kier alpha value is -3.47. The maximum absolute atomic E-state index is 13.4. The van der Waals surface area contributed by atoms with Crippen molar-refractivity contribution in [1.82, 2.24) is 15.1 Å². The molecule has 1 N–H and O–H groups in total. The highest BCUT2D eigenvalue weighted by molar-refractivity contribution is 7.92.